The highest BCUT2D eigenvalue weighted by atomic mass is 19.1. The lowest BCUT2D eigenvalue weighted by molar-refractivity contribution is 0.595. The molecular weight excluding hydrogens is 227 g/mol. The molecule has 0 aromatic heterocycles. The number of halogens is 1. The third-order valence-corrected chi connectivity index (χ3v) is 3.09. The van der Waals surface area contributed by atoms with Crippen molar-refractivity contribution < 1.29 is 4.39 Å². The molecule has 0 amide bonds. The van der Waals surface area contributed by atoms with Crippen LogP contribution in [0, 0.1) is 5.82 Å². The van der Waals surface area contributed by atoms with Crippen molar-refractivity contribution in [3.05, 3.63) is 30.1 Å². The first-order valence-corrected chi connectivity index (χ1v) is 6.99. The predicted molar refractivity (Wildman–Crippen MR) is 76.7 cm³/mol. The Balaban J connectivity index is 2.32. The number of hydrogen-bond acceptors (Lipinski definition) is 2. The van der Waals surface area contributed by atoms with Gasteiger partial charge in [0.05, 0.1) is 5.69 Å². The number of unbranched alkanes of at least 4 members (excludes halogenated alkanes) is 2. The molecule has 0 saturated heterocycles. The van der Waals surface area contributed by atoms with E-state index in [1.165, 1.54) is 25.3 Å². The van der Waals surface area contributed by atoms with E-state index in [1.807, 2.05) is 12.1 Å². The maximum absolute atomic E-state index is 13.6. The predicted octanol–water partition coefficient (Wildman–Crippen LogP) is 3.43. The van der Waals surface area contributed by atoms with E-state index in [4.69, 9.17) is 0 Å². The molecule has 0 aliphatic carbocycles. The zero-order chi connectivity index (χ0) is 13.2. The summed E-state index contributed by atoms with van der Waals surface area (Å²) < 4.78 is 13.6. The van der Waals surface area contributed by atoms with Gasteiger partial charge in [0.1, 0.15) is 5.82 Å². The fourth-order valence-corrected chi connectivity index (χ4v) is 2.00. The highest BCUT2D eigenvalue weighted by Gasteiger charge is 2.08. The van der Waals surface area contributed by atoms with Crippen molar-refractivity contribution in [3.63, 3.8) is 0 Å². The number of nitrogens with zero attached hydrogens (tertiary/aromatic N) is 1. The fraction of sp³-hybridized carbons (Fsp3) is 0.600. The van der Waals surface area contributed by atoms with Gasteiger partial charge >= 0.3 is 0 Å². The second-order valence-electron chi connectivity index (χ2n) is 4.49. The molecule has 0 atom stereocenters. The van der Waals surface area contributed by atoms with Crippen LogP contribution in [0.15, 0.2) is 24.3 Å². The van der Waals surface area contributed by atoms with Gasteiger partial charge in [-0.3, -0.25) is 0 Å². The normalized spacial score (nSPS) is 10.6. The van der Waals surface area contributed by atoms with Crippen molar-refractivity contribution in [2.45, 2.75) is 33.1 Å². The van der Waals surface area contributed by atoms with E-state index in [1.54, 1.807) is 6.07 Å². The van der Waals surface area contributed by atoms with Gasteiger partial charge in [-0.25, -0.2) is 4.39 Å². The summed E-state index contributed by atoms with van der Waals surface area (Å²) in [5.74, 6) is -0.134. The third kappa shape index (κ3) is 5.05. The van der Waals surface area contributed by atoms with Gasteiger partial charge in [0.2, 0.25) is 0 Å². The molecule has 0 saturated carbocycles. The molecular formula is C15H25FN2. The SMILES string of the molecule is CCCCCNCCN(CC)c1ccccc1F. The molecule has 2 nitrogen and oxygen atoms in total. The lowest BCUT2D eigenvalue weighted by Crippen LogP contribution is -2.32. The Morgan fingerprint density at radius 2 is 1.89 bits per heavy atom. The minimum Gasteiger partial charge on any atom is -0.368 e. The van der Waals surface area contributed by atoms with E-state index in [0.29, 0.717) is 5.69 Å². The van der Waals surface area contributed by atoms with Crippen LogP contribution in [0.1, 0.15) is 33.1 Å². The van der Waals surface area contributed by atoms with Crippen LogP contribution in [0.4, 0.5) is 10.1 Å². The Labute approximate surface area is 110 Å². The van der Waals surface area contributed by atoms with Gasteiger partial charge in [-0.05, 0) is 32.0 Å². The summed E-state index contributed by atoms with van der Waals surface area (Å²) in [4.78, 5) is 2.07. The minimum atomic E-state index is -0.134. The van der Waals surface area contributed by atoms with Crippen molar-refractivity contribution in [2.24, 2.45) is 0 Å². The largest absolute Gasteiger partial charge is 0.368 e. The molecule has 0 aliphatic heterocycles. The molecule has 0 fully saturated rings. The van der Waals surface area contributed by atoms with E-state index in [-0.39, 0.29) is 5.82 Å². The molecule has 0 aliphatic rings. The van der Waals surface area contributed by atoms with E-state index in [0.717, 1.165) is 26.2 Å². The van der Waals surface area contributed by atoms with Gasteiger partial charge in [0, 0.05) is 19.6 Å². The molecule has 0 unspecified atom stereocenters. The summed E-state index contributed by atoms with van der Waals surface area (Å²) in [6.07, 6.45) is 3.75. The highest BCUT2D eigenvalue weighted by molar-refractivity contribution is 5.47. The molecule has 1 aromatic carbocycles. The molecule has 0 spiro atoms. The molecule has 1 aromatic rings. The molecule has 18 heavy (non-hydrogen) atoms. The molecule has 0 heterocycles. The van der Waals surface area contributed by atoms with Gasteiger partial charge in [-0.2, -0.15) is 0 Å². The van der Waals surface area contributed by atoms with Crippen molar-refractivity contribution in [1.29, 1.82) is 0 Å². The van der Waals surface area contributed by atoms with Crippen LogP contribution in [-0.2, 0) is 0 Å². The van der Waals surface area contributed by atoms with Crippen LogP contribution in [0.25, 0.3) is 0 Å². The molecule has 1 N–H and O–H groups in total. The van der Waals surface area contributed by atoms with Crippen molar-refractivity contribution in [3.8, 4) is 0 Å². The summed E-state index contributed by atoms with van der Waals surface area (Å²) >= 11 is 0. The molecule has 0 radical (unpaired) electrons. The van der Waals surface area contributed by atoms with Crippen molar-refractivity contribution in [1.82, 2.24) is 5.32 Å². The number of rotatable bonds is 9. The Bertz CT molecular complexity index is 328. The first kappa shape index (κ1) is 15.0. The van der Waals surface area contributed by atoms with Gasteiger partial charge in [0.15, 0.2) is 0 Å². The molecule has 3 heteroatoms. The number of likely N-dealkylation sites (N-methyl/N-ethyl adjacent to an activating group) is 1. The number of para-hydroxylation sites is 1. The summed E-state index contributed by atoms with van der Waals surface area (Å²) in [6, 6.07) is 6.98. The van der Waals surface area contributed by atoms with Crippen LogP contribution in [-0.4, -0.2) is 26.2 Å². The highest BCUT2D eigenvalue weighted by Crippen LogP contribution is 2.17. The maximum Gasteiger partial charge on any atom is 0.146 e. The smallest absolute Gasteiger partial charge is 0.146 e. The average molecular weight is 252 g/mol. The van der Waals surface area contributed by atoms with E-state index in [9.17, 15) is 4.39 Å². The third-order valence-electron chi connectivity index (χ3n) is 3.09. The van der Waals surface area contributed by atoms with E-state index >= 15 is 0 Å². The van der Waals surface area contributed by atoms with Gasteiger partial charge < -0.3 is 10.2 Å². The second kappa shape index (κ2) is 8.92. The first-order chi connectivity index (χ1) is 8.79. The summed E-state index contributed by atoms with van der Waals surface area (Å²) in [5.41, 5.74) is 0.704. The second-order valence-corrected chi connectivity index (χ2v) is 4.49. The van der Waals surface area contributed by atoms with E-state index in [2.05, 4.69) is 24.1 Å². The number of benzene rings is 1. The van der Waals surface area contributed by atoms with Crippen LogP contribution < -0.4 is 10.2 Å². The summed E-state index contributed by atoms with van der Waals surface area (Å²) in [6.45, 7) is 7.91. The molecule has 1 rings (SSSR count). The summed E-state index contributed by atoms with van der Waals surface area (Å²) in [5, 5.41) is 3.41. The number of nitrogens with one attached hydrogen (secondary N) is 1. The summed E-state index contributed by atoms with van der Waals surface area (Å²) in [7, 11) is 0. The van der Waals surface area contributed by atoms with Gasteiger partial charge in [-0.1, -0.05) is 31.9 Å². The van der Waals surface area contributed by atoms with Crippen LogP contribution >= 0.6 is 0 Å². The minimum absolute atomic E-state index is 0.134. The standard InChI is InChI=1S/C15H25FN2/c1-3-5-8-11-17-12-13-18(4-2)15-10-7-6-9-14(15)16/h6-7,9-10,17H,3-5,8,11-13H2,1-2H3. The zero-order valence-electron chi connectivity index (χ0n) is 11.6. The lowest BCUT2D eigenvalue weighted by Gasteiger charge is -2.23. The maximum atomic E-state index is 13.6. The molecule has 102 valence electrons. The Morgan fingerprint density at radius 1 is 1.11 bits per heavy atom. The fourth-order valence-electron chi connectivity index (χ4n) is 2.00. The average Bonchev–Trinajstić information content (AvgIpc) is 2.39. The topological polar surface area (TPSA) is 15.3 Å². The van der Waals surface area contributed by atoms with Crippen LogP contribution in [0.2, 0.25) is 0 Å². The van der Waals surface area contributed by atoms with Crippen molar-refractivity contribution in [2.75, 3.05) is 31.1 Å². The Kier molecular flexibility index (Phi) is 7.42. The van der Waals surface area contributed by atoms with Gasteiger partial charge in [-0.15, -0.1) is 0 Å². The van der Waals surface area contributed by atoms with Crippen LogP contribution in [0.5, 0.6) is 0 Å². The monoisotopic (exact) mass is 252 g/mol. The van der Waals surface area contributed by atoms with Crippen molar-refractivity contribution >= 4 is 5.69 Å². The Hall–Kier alpha value is -1.09. The zero-order valence-corrected chi connectivity index (χ0v) is 11.6. The number of anilines is 1. The van der Waals surface area contributed by atoms with E-state index < -0.39 is 0 Å². The van der Waals surface area contributed by atoms with Crippen LogP contribution in [0.3, 0.4) is 0 Å². The van der Waals surface area contributed by atoms with Gasteiger partial charge in [0.25, 0.3) is 0 Å². The number of hydrogen-bond donors (Lipinski definition) is 1. The molecule has 0 bridgehead atoms. The quantitative estimate of drug-likeness (QED) is 0.677. The lowest BCUT2D eigenvalue weighted by atomic mass is 10.2. The first-order valence-electron chi connectivity index (χ1n) is 6.99. The Morgan fingerprint density at radius 3 is 2.56 bits per heavy atom.